The summed E-state index contributed by atoms with van der Waals surface area (Å²) in [5.41, 5.74) is -0.130. The van der Waals surface area contributed by atoms with E-state index in [4.69, 9.17) is 5.26 Å². The van der Waals surface area contributed by atoms with Crippen LogP contribution in [0.2, 0.25) is 0 Å². The third-order valence-electron chi connectivity index (χ3n) is 1.53. The quantitative estimate of drug-likeness (QED) is 0.458. The largest absolute Gasteiger partial charge is 0.462 e. The average Bonchev–Trinajstić information content (AvgIpc) is 2.31. The Morgan fingerprint density at radius 2 is 2.31 bits per heavy atom. The van der Waals surface area contributed by atoms with Crippen LogP contribution in [0.15, 0.2) is 30.2 Å². The second-order valence-corrected chi connectivity index (χ2v) is 2.61. The van der Waals surface area contributed by atoms with Gasteiger partial charge in [-0.15, -0.1) is 0 Å². The monoisotopic (exact) mass is 218 g/mol. The molecule has 6 nitrogen and oxygen atoms in total. The molecule has 0 atom stereocenters. The number of aromatic nitrogens is 2. The standard InChI is InChI=1S/C10H10N4O2/c1-2-16-9(15)8(6-11)7-14-10-12-4-3-5-13-10/h3-5,7H,2H2,1H3,(H,12,13,14)/b8-7+. The number of carbonyl (C=O) groups is 1. The van der Waals surface area contributed by atoms with E-state index < -0.39 is 5.97 Å². The predicted molar refractivity (Wildman–Crippen MR) is 56.0 cm³/mol. The van der Waals surface area contributed by atoms with Crippen LogP contribution in [0.5, 0.6) is 0 Å². The van der Waals surface area contributed by atoms with E-state index in [0.717, 1.165) is 0 Å². The lowest BCUT2D eigenvalue weighted by molar-refractivity contribution is -0.138. The van der Waals surface area contributed by atoms with Gasteiger partial charge in [0.05, 0.1) is 6.61 Å². The molecule has 0 aliphatic carbocycles. The minimum Gasteiger partial charge on any atom is -0.462 e. The Morgan fingerprint density at radius 3 is 2.88 bits per heavy atom. The van der Waals surface area contributed by atoms with Gasteiger partial charge in [-0.05, 0) is 13.0 Å². The summed E-state index contributed by atoms with van der Waals surface area (Å²) in [5.74, 6) is -0.368. The first kappa shape index (κ1) is 11.7. The van der Waals surface area contributed by atoms with Crippen molar-refractivity contribution in [3.63, 3.8) is 0 Å². The van der Waals surface area contributed by atoms with Crippen LogP contribution >= 0.6 is 0 Å². The van der Waals surface area contributed by atoms with Gasteiger partial charge in [-0.25, -0.2) is 14.8 Å². The normalized spacial score (nSPS) is 10.4. The van der Waals surface area contributed by atoms with E-state index in [9.17, 15) is 4.79 Å². The smallest absolute Gasteiger partial charge is 0.350 e. The molecule has 0 bridgehead atoms. The fourth-order valence-electron chi connectivity index (χ4n) is 0.856. The summed E-state index contributed by atoms with van der Waals surface area (Å²) in [6.45, 7) is 1.89. The molecular weight excluding hydrogens is 208 g/mol. The molecule has 1 N–H and O–H groups in total. The van der Waals surface area contributed by atoms with E-state index in [1.54, 1.807) is 31.5 Å². The van der Waals surface area contributed by atoms with Gasteiger partial charge in [0.25, 0.3) is 0 Å². The number of rotatable bonds is 4. The third kappa shape index (κ3) is 3.38. The van der Waals surface area contributed by atoms with Gasteiger partial charge < -0.3 is 10.1 Å². The van der Waals surface area contributed by atoms with E-state index in [2.05, 4.69) is 20.0 Å². The fraction of sp³-hybridized carbons (Fsp3) is 0.200. The number of nitrogens with one attached hydrogen (secondary N) is 1. The Hall–Kier alpha value is -2.42. The highest BCUT2D eigenvalue weighted by molar-refractivity contribution is 5.93. The molecule has 1 aromatic heterocycles. The number of esters is 1. The number of hydrogen-bond acceptors (Lipinski definition) is 6. The molecule has 6 heteroatoms. The van der Waals surface area contributed by atoms with Crippen LogP contribution in [0.25, 0.3) is 0 Å². The van der Waals surface area contributed by atoms with Crippen molar-refractivity contribution in [2.45, 2.75) is 6.92 Å². The van der Waals surface area contributed by atoms with E-state index >= 15 is 0 Å². The lowest BCUT2D eigenvalue weighted by Gasteiger charge is -2.00. The minimum atomic E-state index is -0.673. The molecular formula is C10H10N4O2. The number of carbonyl (C=O) groups excluding carboxylic acids is 1. The SMILES string of the molecule is CCOC(=O)/C(C#N)=C/Nc1ncccn1. The highest BCUT2D eigenvalue weighted by atomic mass is 16.5. The zero-order valence-electron chi connectivity index (χ0n) is 8.67. The maximum atomic E-state index is 11.2. The molecule has 0 amide bonds. The Kier molecular flexibility index (Phi) is 4.47. The first-order valence-electron chi connectivity index (χ1n) is 4.59. The van der Waals surface area contributed by atoms with Crippen molar-refractivity contribution < 1.29 is 9.53 Å². The zero-order chi connectivity index (χ0) is 11.8. The summed E-state index contributed by atoms with van der Waals surface area (Å²) < 4.78 is 4.67. The van der Waals surface area contributed by atoms with Gasteiger partial charge in [-0.3, -0.25) is 0 Å². The Morgan fingerprint density at radius 1 is 1.62 bits per heavy atom. The van der Waals surface area contributed by atoms with E-state index in [-0.39, 0.29) is 12.2 Å². The van der Waals surface area contributed by atoms with E-state index in [0.29, 0.717) is 5.95 Å². The first-order chi connectivity index (χ1) is 7.77. The number of nitriles is 1. The Labute approximate surface area is 92.6 Å². The minimum absolute atomic E-state index is 0.130. The molecule has 0 spiro atoms. The zero-order valence-corrected chi connectivity index (χ0v) is 8.67. The van der Waals surface area contributed by atoms with Crippen molar-refractivity contribution in [1.29, 1.82) is 5.26 Å². The predicted octanol–water partition coefficient (Wildman–Crippen LogP) is 0.859. The van der Waals surface area contributed by atoms with Gasteiger partial charge in [0.2, 0.25) is 5.95 Å². The molecule has 0 aliphatic heterocycles. The van der Waals surface area contributed by atoms with Crippen molar-refractivity contribution in [2.24, 2.45) is 0 Å². The van der Waals surface area contributed by atoms with Gasteiger partial charge in [-0.2, -0.15) is 5.26 Å². The molecule has 82 valence electrons. The van der Waals surface area contributed by atoms with E-state index in [1.807, 2.05) is 0 Å². The van der Waals surface area contributed by atoms with Crippen LogP contribution in [0.4, 0.5) is 5.95 Å². The lowest BCUT2D eigenvalue weighted by atomic mass is 10.3. The molecule has 0 aromatic carbocycles. The first-order valence-corrected chi connectivity index (χ1v) is 4.59. The summed E-state index contributed by atoms with van der Waals surface area (Å²) in [6, 6.07) is 3.38. The topological polar surface area (TPSA) is 87.9 Å². The molecule has 0 fully saturated rings. The summed E-state index contributed by atoms with van der Waals surface area (Å²) in [6.07, 6.45) is 4.30. The van der Waals surface area contributed by atoms with Crippen LogP contribution in [-0.2, 0) is 9.53 Å². The van der Waals surface area contributed by atoms with Gasteiger partial charge in [0.15, 0.2) is 5.57 Å². The van der Waals surface area contributed by atoms with Gasteiger partial charge >= 0.3 is 5.97 Å². The van der Waals surface area contributed by atoms with Crippen molar-refractivity contribution in [3.05, 3.63) is 30.2 Å². The Balaban J connectivity index is 2.68. The van der Waals surface area contributed by atoms with Crippen LogP contribution < -0.4 is 5.32 Å². The molecule has 0 unspecified atom stereocenters. The fourth-order valence-corrected chi connectivity index (χ4v) is 0.856. The maximum Gasteiger partial charge on any atom is 0.350 e. The average molecular weight is 218 g/mol. The lowest BCUT2D eigenvalue weighted by Crippen LogP contribution is -2.08. The molecule has 0 saturated carbocycles. The third-order valence-corrected chi connectivity index (χ3v) is 1.53. The Bertz CT molecular complexity index is 422. The summed E-state index contributed by atoms with van der Waals surface area (Å²) in [4.78, 5) is 18.9. The van der Waals surface area contributed by atoms with Crippen molar-refractivity contribution in [1.82, 2.24) is 9.97 Å². The second kappa shape index (κ2) is 6.14. The molecule has 1 heterocycles. The highest BCUT2D eigenvalue weighted by Crippen LogP contribution is 1.99. The summed E-state index contributed by atoms with van der Waals surface area (Å²) in [5, 5.41) is 11.3. The van der Waals surface area contributed by atoms with Gasteiger partial charge in [0, 0.05) is 18.6 Å². The number of hydrogen-bond donors (Lipinski definition) is 1. The van der Waals surface area contributed by atoms with Crippen molar-refractivity contribution in [3.8, 4) is 6.07 Å². The number of anilines is 1. The molecule has 0 radical (unpaired) electrons. The van der Waals surface area contributed by atoms with Crippen LogP contribution in [0.3, 0.4) is 0 Å². The van der Waals surface area contributed by atoms with Crippen LogP contribution in [0, 0.1) is 11.3 Å². The molecule has 16 heavy (non-hydrogen) atoms. The molecule has 1 aromatic rings. The summed E-state index contributed by atoms with van der Waals surface area (Å²) in [7, 11) is 0. The van der Waals surface area contributed by atoms with Crippen LogP contribution in [0.1, 0.15) is 6.92 Å². The van der Waals surface area contributed by atoms with Gasteiger partial charge in [0.1, 0.15) is 6.07 Å². The molecule has 0 aliphatic rings. The van der Waals surface area contributed by atoms with E-state index in [1.165, 1.54) is 6.20 Å². The number of ether oxygens (including phenoxy) is 1. The molecule has 0 saturated heterocycles. The maximum absolute atomic E-state index is 11.2. The van der Waals surface area contributed by atoms with Crippen molar-refractivity contribution >= 4 is 11.9 Å². The molecule has 1 rings (SSSR count). The van der Waals surface area contributed by atoms with Gasteiger partial charge in [-0.1, -0.05) is 0 Å². The van der Waals surface area contributed by atoms with Crippen LogP contribution in [-0.4, -0.2) is 22.5 Å². The highest BCUT2D eigenvalue weighted by Gasteiger charge is 2.09. The second-order valence-electron chi connectivity index (χ2n) is 2.61. The summed E-state index contributed by atoms with van der Waals surface area (Å²) >= 11 is 0. The number of nitrogens with zero attached hydrogens (tertiary/aromatic N) is 3. The van der Waals surface area contributed by atoms with Crippen molar-refractivity contribution in [2.75, 3.05) is 11.9 Å².